The van der Waals surface area contributed by atoms with Gasteiger partial charge in [-0.3, -0.25) is 6.58 Å². The predicted molar refractivity (Wildman–Crippen MR) is 19.7 cm³/mol. The summed E-state index contributed by atoms with van der Waals surface area (Å²) in [6, 6.07) is 0. The Kier molecular flexibility index (Phi) is 9.61. The summed E-state index contributed by atoms with van der Waals surface area (Å²) in [4.78, 5) is 9.40. The fraction of sp³-hybridized carbons (Fsp3) is 0. The summed E-state index contributed by atoms with van der Waals surface area (Å²) in [6.07, 6.45) is 0.793. The Hall–Kier alpha value is 0.804. The van der Waals surface area contributed by atoms with Gasteiger partial charge in [0.1, 0.15) is 0 Å². The molecule has 0 aromatic heterocycles. The standard InChI is InChI=1S/C3H2ClO.Y/c1-2-3(4)5;/h1-2H;/q-1;. The van der Waals surface area contributed by atoms with Crippen LogP contribution in [0, 0.1) is 6.58 Å². The van der Waals surface area contributed by atoms with Gasteiger partial charge in [-0.1, -0.05) is 0 Å². The molecule has 0 aliphatic carbocycles. The van der Waals surface area contributed by atoms with E-state index in [1.165, 1.54) is 0 Å². The van der Waals surface area contributed by atoms with Gasteiger partial charge in [-0.2, -0.15) is 17.7 Å². The van der Waals surface area contributed by atoms with E-state index in [1.807, 2.05) is 0 Å². The second-order valence-corrected chi connectivity index (χ2v) is 0.843. The van der Waals surface area contributed by atoms with Gasteiger partial charge in [-0.15, -0.1) is 0 Å². The van der Waals surface area contributed by atoms with E-state index in [1.54, 1.807) is 0 Å². The number of carbonyl (C=O) groups excluding carboxylic acids is 1. The van der Waals surface area contributed by atoms with Crippen LogP contribution in [0.15, 0.2) is 6.08 Å². The molecule has 0 saturated heterocycles. The molecule has 1 nitrogen and oxygen atoms in total. The molecule has 0 bridgehead atoms. The van der Waals surface area contributed by atoms with Crippen LogP contribution in [0.3, 0.4) is 0 Å². The van der Waals surface area contributed by atoms with E-state index >= 15 is 0 Å². The van der Waals surface area contributed by atoms with Crippen LogP contribution in [0.2, 0.25) is 0 Å². The molecule has 0 fully saturated rings. The maximum absolute atomic E-state index is 9.40. The molecular formula is C3H2ClOY-. The summed E-state index contributed by atoms with van der Waals surface area (Å²) in [7, 11) is 0. The zero-order chi connectivity index (χ0) is 4.28. The van der Waals surface area contributed by atoms with Gasteiger partial charge in [-0.25, -0.2) is 0 Å². The van der Waals surface area contributed by atoms with Crippen LogP contribution in [-0.4, -0.2) is 5.24 Å². The van der Waals surface area contributed by atoms with E-state index in [-0.39, 0.29) is 32.7 Å². The van der Waals surface area contributed by atoms with E-state index < -0.39 is 5.24 Å². The maximum atomic E-state index is 9.40. The van der Waals surface area contributed by atoms with Crippen molar-refractivity contribution in [1.29, 1.82) is 0 Å². The Labute approximate surface area is 66.6 Å². The topological polar surface area (TPSA) is 17.1 Å². The number of halogens is 1. The second-order valence-electron chi connectivity index (χ2n) is 0.471. The molecule has 0 N–H and O–H groups in total. The summed E-state index contributed by atoms with van der Waals surface area (Å²) in [5.74, 6) is 0. The molecule has 0 heterocycles. The van der Waals surface area contributed by atoms with Crippen LogP contribution in [-0.2, 0) is 37.5 Å². The van der Waals surface area contributed by atoms with Crippen molar-refractivity contribution in [3.05, 3.63) is 12.7 Å². The Morgan fingerprint density at radius 1 is 1.83 bits per heavy atom. The molecule has 31 valence electrons. The number of hydrogen-bond acceptors (Lipinski definition) is 1. The summed E-state index contributed by atoms with van der Waals surface area (Å²) in [5.41, 5.74) is 0. The van der Waals surface area contributed by atoms with E-state index in [4.69, 9.17) is 0 Å². The fourth-order valence-corrected chi connectivity index (χ4v) is 0. The van der Waals surface area contributed by atoms with Crippen LogP contribution < -0.4 is 0 Å². The van der Waals surface area contributed by atoms with Crippen LogP contribution in [0.5, 0.6) is 0 Å². The van der Waals surface area contributed by atoms with Gasteiger partial charge in [0.05, 0.1) is 5.24 Å². The third-order valence-corrected chi connectivity index (χ3v) is 0.257. The Balaban J connectivity index is 0. The largest absolute Gasteiger partial charge is 0.389 e. The predicted octanol–water partition coefficient (Wildman–Crippen LogP) is 0.738. The third-order valence-electron chi connectivity index (χ3n) is 0.131. The van der Waals surface area contributed by atoms with Gasteiger partial charge in [0.2, 0.25) is 0 Å². The van der Waals surface area contributed by atoms with Crippen molar-refractivity contribution in [1.82, 2.24) is 0 Å². The molecule has 0 aromatic rings. The van der Waals surface area contributed by atoms with Gasteiger partial charge in [0.15, 0.2) is 0 Å². The molecular weight excluding hydrogens is 176 g/mol. The van der Waals surface area contributed by atoms with Crippen LogP contribution >= 0.6 is 11.6 Å². The quantitative estimate of drug-likeness (QED) is 0.329. The zero-order valence-corrected chi connectivity index (χ0v) is 6.61. The van der Waals surface area contributed by atoms with E-state index in [2.05, 4.69) is 18.2 Å². The van der Waals surface area contributed by atoms with Gasteiger partial charge in [-0.05, 0) is 0 Å². The Bertz CT molecular complexity index is 61.8. The van der Waals surface area contributed by atoms with Crippen molar-refractivity contribution in [3.8, 4) is 0 Å². The number of hydrogen-bond donors (Lipinski definition) is 0. The second kappa shape index (κ2) is 5.80. The van der Waals surface area contributed by atoms with Gasteiger partial charge in [0, 0.05) is 32.7 Å². The first-order chi connectivity index (χ1) is 2.27. The monoisotopic (exact) mass is 178 g/mol. The van der Waals surface area contributed by atoms with E-state index in [0.29, 0.717) is 0 Å². The molecule has 6 heavy (non-hydrogen) atoms. The van der Waals surface area contributed by atoms with Crippen LogP contribution in [0.1, 0.15) is 0 Å². The minimum absolute atomic E-state index is 0. The molecule has 0 atom stereocenters. The van der Waals surface area contributed by atoms with Crippen molar-refractivity contribution in [3.63, 3.8) is 0 Å². The smallest absolute Gasteiger partial charge is 0.0847 e. The average Bonchev–Trinajstić information content (AvgIpc) is 1.38. The number of rotatable bonds is 1. The van der Waals surface area contributed by atoms with Gasteiger partial charge < -0.3 is 4.79 Å². The summed E-state index contributed by atoms with van der Waals surface area (Å²) >= 11 is 4.64. The summed E-state index contributed by atoms with van der Waals surface area (Å²) in [6.45, 7) is 4.56. The summed E-state index contributed by atoms with van der Waals surface area (Å²) < 4.78 is 0. The van der Waals surface area contributed by atoms with Gasteiger partial charge >= 0.3 is 0 Å². The van der Waals surface area contributed by atoms with Crippen LogP contribution in [0.4, 0.5) is 0 Å². The van der Waals surface area contributed by atoms with E-state index in [9.17, 15) is 4.79 Å². The SMILES string of the molecule is [CH-]=CC(=O)Cl.[Y]. The maximum Gasteiger partial charge on any atom is 0.0847 e. The fourth-order valence-electron chi connectivity index (χ4n) is 0. The third kappa shape index (κ3) is 8.84. The molecule has 0 unspecified atom stereocenters. The van der Waals surface area contributed by atoms with E-state index in [0.717, 1.165) is 6.08 Å². The Morgan fingerprint density at radius 3 is 2.00 bits per heavy atom. The molecule has 0 aliphatic rings. The normalized spacial score (nSPS) is 5.50. The molecule has 0 amide bonds. The molecule has 0 rings (SSSR count). The molecule has 0 aromatic carbocycles. The van der Waals surface area contributed by atoms with Crippen molar-refractivity contribution < 1.29 is 37.5 Å². The van der Waals surface area contributed by atoms with Crippen molar-refractivity contribution in [2.75, 3.05) is 0 Å². The zero-order valence-electron chi connectivity index (χ0n) is 3.02. The van der Waals surface area contributed by atoms with Crippen molar-refractivity contribution in [2.24, 2.45) is 0 Å². The van der Waals surface area contributed by atoms with Crippen LogP contribution in [0.25, 0.3) is 0 Å². The van der Waals surface area contributed by atoms with Gasteiger partial charge in [0.25, 0.3) is 0 Å². The average molecular weight is 178 g/mol. The first kappa shape index (κ1) is 9.93. The minimum atomic E-state index is -0.620. The van der Waals surface area contributed by atoms with Crippen molar-refractivity contribution >= 4 is 16.8 Å². The Morgan fingerprint density at radius 2 is 2.00 bits per heavy atom. The molecule has 0 saturated carbocycles. The van der Waals surface area contributed by atoms with Crippen molar-refractivity contribution in [2.45, 2.75) is 0 Å². The first-order valence-electron chi connectivity index (χ1n) is 1.02. The first-order valence-corrected chi connectivity index (χ1v) is 1.39. The summed E-state index contributed by atoms with van der Waals surface area (Å²) in [5, 5.41) is -0.620. The molecule has 0 aliphatic heterocycles. The molecule has 1 radical (unpaired) electrons. The number of carbonyl (C=O) groups is 1. The minimum Gasteiger partial charge on any atom is -0.389 e. The molecule has 0 spiro atoms. The number of allylic oxidation sites excluding steroid dienone is 1. The molecule has 3 heteroatoms.